The molecule has 0 aliphatic heterocycles. The number of fused-ring (bicyclic) bond motifs is 1. The first-order chi connectivity index (χ1) is 11.6. The van der Waals surface area contributed by atoms with Crippen molar-refractivity contribution in [2.45, 2.75) is 19.0 Å². The Morgan fingerprint density at radius 2 is 2.00 bits per heavy atom. The van der Waals surface area contributed by atoms with Crippen LogP contribution >= 0.6 is 11.6 Å². The van der Waals surface area contributed by atoms with Crippen LogP contribution in [-0.2, 0) is 19.6 Å². The third-order valence-corrected chi connectivity index (χ3v) is 4.37. The first-order valence-corrected chi connectivity index (χ1v) is 7.62. The molecule has 0 saturated carbocycles. The van der Waals surface area contributed by atoms with Crippen LogP contribution in [0.4, 0.5) is 23.2 Å². The molecular weight excluding hydrogens is 362 g/mol. The van der Waals surface area contributed by atoms with Crippen molar-refractivity contribution in [3.05, 3.63) is 51.6 Å². The van der Waals surface area contributed by atoms with Gasteiger partial charge < -0.3 is 15.3 Å². The molecule has 0 spiro atoms. The summed E-state index contributed by atoms with van der Waals surface area (Å²) in [7, 11) is 1.14. The van der Waals surface area contributed by atoms with Crippen molar-refractivity contribution in [3.63, 3.8) is 0 Å². The summed E-state index contributed by atoms with van der Waals surface area (Å²) in [5.41, 5.74) is -1.17. The number of carbonyl (C=O) groups excluding carboxylic acids is 1. The van der Waals surface area contributed by atoms with Crippen LogP contribution in [0.15, 0.2) is 18.2 Å². The van der Waals surface area contributed by atoms with Gasteiger partial charge in [0.1, 0.15) is 17.2 Å². The normalized spacial score (nSPS) is 13.9. The zero-order valence-corrected chi connectivity index (χ0v) is 13.6. The molecule has 0 saturated heterocycles. The predicted molar refractivity (Wildman–Crippen MR) is 84.9 cm³/mol. The fourth-order valence-corrected chi connectivity index (χ4v) is 3.25. The highest BCUT2D eigenvalue weighted by atomic mass is 35.5. The van der Waals surface area contributed by atoms with Crippen molar-refractivity contribution < 1.29 is 22.4 Å². The van der Waals surface area contributed by atoms with E-state index >= 15 is 0 Å². The second-order valence-corrected chi connectivity index (χ2v) is 6.08. The minimum atomic E-state index is -4.69. The summed E-state index contributed by atoms with van der Waals surface area (Å²) in [5, 5.41) is 9.98. The maximum atomic E-state index is 13.4. The van der Waals surface area contributed by atoms with E-state index in [1.54, 1.807) is 0 Å². The molecule has 1 amide bonds. The number of rotatable bonds is 2. The van der Waals surface area contributed by atoms with Crippen LogP contribution in [0.3, 0.4) is 0 Å². The SMILES string of the molecule is Cn1c(C(=O)Nc2ccc(F)c(Cl)c2)c2c(c1C(F)(F)F)C(=N)CC2. The number of alkyl halides is 3. The third-order valence-electron chi connectivity index (χ3n) is 4.08. The standard InChI is InChI=1S/C16H12ClF4N3O/c1-24-13(15(25)23-7-2-4-10(18)9(17)6-7)8-3-5-11(22)12(8)14(24)16(19,20)21/h2,4,6,22H,3,5H2,1H3,(H,23,25). The molecule has 1 heterocycles. The lowest BCUT2D eigenvalue weighted by molar-refractivity contribution is -0.143. The van der Waals surface area contributed by atoms with E-state index in [1.165, 1.54) is 12.1 Å². The zero-order valence-electron chi connectivity index (χ0n) is 12.9. The molecule has 2 N–H and O–H groups in total. The Hall–Kier alpha value is -2.35. The molecule has 132 valence electrons. The quantitative estimate of drug-likeness (QED) is 0.753. The lowest BCUT2D eigenvalue weighted by atomic mass is 10.1. The van der Waals surface area contributed by atoms with E-state index < -0.39 is 23.6 Å². The van der Waals surface area contributed by atoms with Gasteiger partial charge in [-0.3, -0.25) is 4.79 Å². The average molecular weight is 374 g/mol. The monoisotopic (exact) mass is 373 g/mol. The summed E-state index contributed by atoms with van der Waals surface area (Å²) in [6.45, 7) is 0. The lowest BCUT2D eigenvalue weighted by Crippen LogP contribution is -2.21. The molecular formula is C16H12ClF4N3O. The fourth-order valence-electron chi connectivity index (χ4n) is 3.07. The Morgan fingerprint density at radius 1 is 1.32 bits per heavy atom. The van der Waals surface area contributed by atoms with Crippen LogP contribution < -0.4 is 5.32 Å². The van der Waals surface area contributed by atoms with Crippen LogP contribution in [0.5, 0.6) is 0 Å². The summed E-state index contributed by atoms with van der Waals surface area (Å²) >= 11 is 5.64. The summed E-state index contributed by atoms with van der Waals surface area (Å²) in [4.78, 5) is 12.5. The molecule has 9 heteroatoms. The van der Waals surface area contributed by atoms with Crippen LogP contribution in [-0.4, -0.2) is 16.2 Å². The van der Waals surface area contributed by atoms with Gasteiger partial charge in [0.2, 0.25) is 0 Å². The van der Waals surface area contributed by atoms with Gasteiger partial charge in [0.05, 0.1) is 5.02 Å². The second kappa shape index (κ2) is 5.87. The van der Waals surface area contributed by atoms with Crippen LogP contribution in [0, 0.1) is 11.2 Å². The lowest BCUT2D eigenvalue weighted by Gasteiger charge is -2.13. The molecule has 1 aromatic carbocycles. The van der Waals surface area contributed by atoms with E-state index in [0.29, 0.717) is 0 Å². The Kier molecular flexibility index (Phi) is 4.10. The number of nitrogens with zero attached hydrogens (tertiary/aromatic N) is 1. The van der Waals surface area contributed by atoms with Crippen molar-refractivity contribution >= 4 is 28.9 Å². The number of carbonyl (C=O) groups is 1. The number of anilines is 1. The van der Waals surface area contributed by atoms with E-state index in [1.807, 2.05) is 0 Å². The van der Waals surface area contributed by atoms with Gasteiger partial charge in [0.25, 0.3) is 5.91 Å². The van der Waals surface area contributed by atoms with Crippen molar-refractivity contribution in [1.82, 2.24) is 4.57 Å². The Morgan fingerprint density at radius 3 is 2.60 bits per heavy atom. The van der Waals surface area contributed by atoms with Gasteiger partial charge in [-0.1, -0.05) is 11.6 Å². The number of amides is 1. The summed E-state index contributed by atoms with van der Waals surface area (Å²) < 4.78 is 54.1. The van der Waals surface area contributed by atoms with Crippen molar-refractivity contribution in [2.75, 3.05) is 5.32 Å². The molecule has 3 rings (SSSR count). The van der Waals surface area contributed by atoms with E-state index in [9.17, 15) is 22.4 Å². The van der Waals surface area contributed by atoms with Gasteiger partial charge in [0.15, 0.2) is 0 Å². The molecule has 0 bridgehead atoms. The number of hydrogen-bond acceptors (Lipinski definition) is 2. The molecule has 0 unspecified atom stereocenters. The maximum absolute atomic E-state index is 13.4. The highest BCUT2D eigenvalue weighted by Crippen LogP contribution is 2.40. The van der Waals surface area contributed by atoms with Gasteiger partial charge in [-0.25, -0.2) is 4.39 Å². The van der Waals surface area contributed by atoms with Gasteiger partial charge >= 0.3 is 6.18 Å². The fraction of sp³-hybridized carbons (Fsp3) is 0.250. The number of aromatic nitrogens is 1. The first kappa shape index (κ1) is 17.5. The molecule has 0 fully saturated rings. The molecule has 0 radical (unpaired) electrons. The van der Waals surface area contributed by atoms with E-state index in [2.05, 4.69) is 5.32 Å². The van der Waals surface area contributed by atoms with Crippen molar-refractivity contribution in [2.24, 2.45) is 7.05 Å². The molecule has 0 atom stereocenters. The molecule has 2 aromatic rings. The number of hydrogen-bond donors (Lipinski definition) is 2. The predicted octanol–water partition coefficient (Wildman–Crippen LogP) is 4.40. The Balaban J connectivity index is 2.05. The highest BCUT2D eigenvalue weighted by Gasteiger charge is 2.43. The van der Waals surface area contributed by atoms with E-state index in [-0.39, 0.29) is 46.1 Å². The average Bonchev–Trinajstić information content (AvgIpc) is 2.99. The van der Waals surface area contributed by atoms with Crippen LogP contribution in [0.1, 0.15) is 33.7 Å². The zero-order chi connectivity index (χ0) is 18.5. The number of benzene rings is 1. The molecule has 1 aliphatic carbocycles. The van der Waals surface area contributed by atoms with Gasteiger partial charge in [0, 0.05) is 24.0 Å². The second-order valence-electron chi connectivity index (χ2n) is 5.67. The highest BCUT2D eigenvalue weighted by molar-refractivity contribution is 6.31. The topological polar surface area (TPSA) is 57.9 Å². The summed E-state index contributed by atoms with van der Waals surface area (Å²) in [6.07, 6.45) is -4.35. The van der Waals surface area contributed by atoms with E-state index in [4.69, 9.17) is 17.0 Å². The van der Waals surface area contributed by atoms with Crippen LogP contribution in [0.25, 0.3) is 0 Å². The number of halogens is 5. The van der Waals surface area contributed by atoms with Gasteiger partial charge in [-0.2, -0.15) is 13.2 Å². The maximum Gasteiger partial charge on any atom is 0.432 e. The summed E-state index contributed by atoms with van der Waals surface area (Å²) in [5.74, 6) is -1.45. The van der Waals surface area contributed by atoms with Crippen LogP contribution in [0.2, 0.25) is 5.02 Å². The molecule has 1 aliphatic rings. The Labute approximate surface area is 144 Å². The minimum Gasteiger partial charge on any atom is -0.335 e. The third kappa shape index (κ3) is 2.90. The van der Waals surface area contributed by atoms with Crippen molar-refractivity contribution in [3.8, 4) is 0 Å². The first-order valence-electron chi connectivity index (χ1n) is 7.24. The number of nitrogens with one attached hydrogen (secondary N) is 2. The molecule has 4 nitrogen and oxygen atoms in total. The Bertz CT molecular complexity index is 902. The minimum absolute atomic E-state index is 0.137. The smallest absolute Gasteiger partial charge is 0.335 e. The molecule has 1 aromatic heterocycles. The van der Waals surface area contributed by atoms with Gasteiger partial charge in [-0.05, 0) is 36.6 Å². The van der Waals surface area contributed by atoms with Gasteiger partial charge in [-0.15, -0.1) is 0 Å². The van der Waals surface area contributed by atoms with E-state index in [0.717, 1.165) is 17.7 Å². The molecule has 25 heavy (non-hydrogen) atoms. The largest absolute Gasteiger partial charge is 0.432 e. The van der Waals surface area contributed by atoms with Crippen molar-refractivity contribution in [1.29, 1.82) is 5.41 Å². The summed E-state index contributed by atoms with van der Waals surface area (Å²) in [6, 6.07) is 3.48.